The van der Waals surface area contributed by atoms with E-state index in [4.69, 9.17) is 11.1 Å². The van der Waals surface area contributed by atoms with Crippen molar-refractivity contribution in [1.82, 2.24) is 0 Å². The molecule has 3 nitrogen and oxygen atoms in total. The fourth-order valence-corrected chi connectivity index (χ4v) is 0. The van der Waals surface area contributed by atoms with Gasteiger partial charge in [-0.25, -0.2) is 0 Å². The molecule has 1 N–H and O–H groups in total. The standard InChI is InChI=1S/HN3.Sr.2H/c1-3-2;;;/h1H;;;. The molecule has 0 saturated carbocycles. The summed E-state index contributed by atoms with van der Waals surface area (Å²) < 4.78 is 0. The van der Waals surface area contributed by atoms with Gasteiger partial charge in [-0.15, -0.1) is 5.53 Å². The van der Waals surface area contributed by atoms with E-state index in [0.29, 0.717) is 0 Å². The van der Waals surface area contributed by atoms with Crippen molar-refractivity contribution in [1.29, 1.82) is 5.53 Å². The molecule has 0 aromatic carbocycles. The molecule has 4 heavy (non-hydrogen) atoms. The number of hydrogen-bond acceptors (Lipinski definition) is 1. The zero-order valence-electron chi connectivity index (χ0n) is 1.39. The second kappa shape index (κ2) is 9.21. The Morgan fingerprint density at radius 3 is 1.75 bits per heavy atom. The molecule has 0 rings (SSSR count). The van der Waals surface area contributed by atoms with Crippen molar-refractivity contribution < 1.29 is 0 Å². The van der Waals surface area contributed by atoms with Crippen LogP contribution >= 0.6 is 0 Å². The molecule has 0 radical (unpaired) electrons. The van der Waals surface area contributed by atoms with E-state index in [0.717, 1.165) is 0 Å². The summed E-state index contributed by atoms with van der Waals surface area (Å²) in [6.07, 6.45) is 0. The zero-order chi connectivity index (χ0) is 2.71. The SMILES string of the molecule is [N-]=[N+]=N.[SrH2]. The van der Waals surface area contributed by atoms with Gasteiger partial charge in [-0.3, -0.25) is 0 Å². The van der Waals surface area contributed by atoms with Crippen LogP contribution < -0.4 is 0 Å². The van der Waals surface area contributed by atoms with Gasteiger partial charge in [0.1, 0.15) is 0 Å². The first-order chi connectivity index (χ1) is 1.41. The molecule has 0 heterocycles. The fourth-order valence-electron chi connectivity index (χ4n) is 0. The third kappa shape index (κ3) is 14.3. The van der Waals surface area contributed by atoms with Crippen molar-refractivity contribution in [2.45, 2.75) is 0 Å². The van der Waals surface area contributed by atoms with Crippen LogP contribution in [0.4, 0.5) is 0 Å². The third-order valence-electron chi connectivity index (χ3n) is 0. The number of nitrogens with zero attached hydrogens (tertiary/aromatic N) is 2. The van der Waals surface area contributed by atoms with Crippen LogP contribution in [0.5, 0.6) is 0 Å². The Morgan fingerprint density at radius 1 is 1.75 bits per heavy atom. The zero-order valence-corrected chi connectivity index (χ0v) is 1.39. The van der Waals surface area contributed by atoms with E-state index < -0.39 is 0 Å². The molecule has 0 aliphatic heterocycles. The molecule has 0 unspecified atom stereocenters. The van der Waals surface area contributed by atoms with Gasteiger partial charge in [0, 0.05) is 0 Å². The number of rotatable bonds is 0. The van der Waals surface area contributed by atoms with E-state index in [1.54, 1.807) is 4.91 Å². The summed E-state index contributed by atoms with van der Waals surface area (Å²) in [5, 5.41) is 0. The van der Waals surface area contributed by atoms with Crippen LogP contribution in [0, 0.1) is 5.53 Å². The number of hydrogen-bond donors (Lipinski definition) is 1. The van der Waals surface area contributed by atoms with Crippen LogP contribution in [0.25, 0.3) is 10.4 Å². The Kier molecular flexibility index (Phi) is 20.3. The van der Waals surface area contributed by atoms with Crippen molar-refractivity contribution in [3.8, 4) is 0 Å². The summed E-state index contributed by atoms with van der Waals surface area (Å²) >= 11 is 0. The van der Waals surface area contributed by atoms with E-state index in [-0.39, 0.29) is 45.5 Å². The van der Waals surface area contributed by atoms with Crippen molar-refractivity contribution in [3.05, 3.63) is 10.4 Å². The van der Waals surface area contributed by atoms with Crippen LogP contribution in [0.1, 0.15) is 0 Å². The maximum atomic E-state index is 6.86. The average Bonchev–Trinajstić information content (AvgIpc) is 0.918. The molecule has 20 valence electrons. The summed E-state index contributed by atoms with van der Waals surface area (Å²) in [6.45, 7) is 0. The van der Waals surface area contributed by atoms with E-state index in [1.807, 2.05) is 0 Å². The maximum absolute atomic E-state index is 6.86. The van der Waals surface area contributed by atoms with Gasteiger partial charge in [-0.1, -0.05) is 0 Å². The molecule has 0 amide bonds. The van der Waals surface area contributed by atoms with Crippen molar-refractivity contribution >= 4 is 45.5 Å². The second-order valence-corrected chi connectivity index (χ2v) is 0.100. The summed E-state index contributed by atoms with van der Waals surface area (Å²) in [7, 11) is 0. The molecule has 0 aromatic heterocycles. The normalized spacial score (nSPS) is 2.00. The average molecular weight is 133 g/mol. The minimum atomic E-state index is 0. The first-order valence-corrected chi connectivity index (χ1v) is 0.424. The predicted octanol–water partition coefficient (Wildman–Crippen LogP) is -0.0407. The van der Waals surface area contributed by atoms with Crippen molar-refractivity contribution in [2.24, 2.45) is 0 Å². The quantitative estimate of drug-likeness (QED) is 0.208. The molecule has 0 atom stereocenters. The summed E-state index contributed by atoms with van der Waals surface area (Å²) in [6, 6.07) is 0. The topological polar surface area (TPSA) is 60.3 Å². The van der Waals surface area contributed by atoms with Gasteiger partial charge in [-0.2, -0.15) is 0 Å². The molecule has 0 aliphatic carbocycles. The van der Waals surface area contributed by atoms with Gasteiger partial charge in [0.15, 0.2) is 0 Å². The summed E-state index contributed by atoms with van der Waals surface area (Å²) in [5.41, 5.74) is 12.2. The van der Waals surface area contributed by atoms with Crippen LogP contribution in [0.2, 0.25) is 0 Å². The van der Waals surface area contributed by atoms with Crippen LogP contribution in [0.15, 0.2) is 0 Å². The predicted molar refractivity (Wildman–Crippen MR) is 18.0 cm³/mol. The van der Waals surface area contributed by atoms with E-state index >= 15 is 0 Å². The van der Waals surface area contributed by atoms with Crippen LogP contribution in [0.3, 0.4) is 0 Å². The molecule has 0 fully saturated rings. The molecular formula is H3N3Sr. The Bertz CT molecular complexity index is 24.3. The second-order valence-electron chi connectivity index (χ2n) is 0.100. The van der Waals surface area contributed by atoms with Gasteiger partial charge in [0.2, 0.25) is 0 Å². The van der Waals surface area contributed by atoms with Gasteiger partial charge >= 0.3 is 45.5 Å². The first-order valence-electron chi connectivity index (χ1n) is 0.424. The third-order valence-corrected chi connectivity index (χ3v) is 0. The van der Waals surface area contributed by atoms with Crippen LogP contribution in [-0.2, 0) is 0 Å². The number of nitrogens with one attached hydrogen (secondary N) is 1. The van der Waals surface area contributed by atoms with Crippen LogP contribution in [-0.4, -0.2) is 45.5 Å². The summed E-state index contributed by atoms with van der Waals surface area (Å²) in [4.78, 5) is 1.75. The van der Waals surface area contributed by atoms with E-state index in [9.17, 15) is 0 Å². The molecule has 0 bridgehead atoms. The monoisotopic (exact) mass is 133 g/mol. The minimum absolute atomic E-state index is 0. The Hall–Kier alpha value is 0.791. The van der Waals surface area contributed by atoms with Gasteiger partial charge < -0.3 is 0 Å². The van der Waals surface area contributed by atoms with Gasteiger partial charge in [0.05, 0.1) is 0 Å². The van der Waals surface area contributed by atoms with Gasteiger partial charge in [0.25, 0.3) is 0 Å². The fraction of sp³-hybridized carbons (Fsp3) is 0. The molecular weight excluding hydrogens is 130 g/mol. The molecule has 0 spiro atoms. The molecule has 0 aromatic rings. The Balaban J connectivity index is 0. The molecule has 0 aliphatic rings. The summed E-state index contributed by atoms with van der Waals surface area (Å²) in [5.74, 6) is 0. The first kappa shape index (κ1) is 8.84. The van der Waals surface area contributed by atoms with E-state index in [1.165, 1.54) is 0 Å². The molecule has 0 saturated heterocycles. The van der Waals surface area contributed by atoms with Gasteiger partial charge in [-0.05, 0) is 10.4 Å². The van der Waals surface area contributed by atoms with E-state index in [2.05, 4.69) is 0 Å². The molecule has 4 heteroatoms. The van der Waals surface area contributed by atoms with Crippen molar-refractivity contribution in [2.75, 3.05) is 0 Å². The Morgan fingerprint density at radius 2 is 1.75 bits per heavy atom. The van der Waals surface area contributed by atoms with Crippen molar-refractivity contribution in [3.63, 3.8) is 0 Å². The Labute approximate surface area is 60.7 Å².